The van der Waals surface area contributed by atoms with Crippen LogP contribution in [0, 0.1) is 6.08 Å². The first-order valence-electron chi connectivity index (χ1n) is 8.47. The standard InChI is InChI=1S/C18H20FN5/c19-18-23-16(20)15-17(24-18)22-14(21-15)10-11-7-8-12-5-3-1-2-4-6-13(12)9-11/h7-9H,1-6,10H2,(H3,20,21,22,23,24). The molecule has 3 aromatic rings. The number of nitrogen functional groups attached to an aromatic ring is 1. The van der Waals surface area contributed by atoms with E-state index in [-0.39, 0.29) is 11.5 Å². The number of aromatic nitrogens is 4. The Hall–Kier alpha value is -2.50. The Kier molecular flexibility index (Phi) is 3.88. The van der Waals surface area contributed by atoms with Crippen LogP contribution in [0.2, 0.25) is 0 Å². The number of hydrogen-bond donors (Lipinski definition) is 2. The molecule has 24 heavy (non-hydrogen) atoms. The molecule has 0 saturated carbocycles. The second kappa shape index (κ2) is 6.19. The molecule has 1 aromatic carbocycles. The number of hydrogen-bond acceptors (Lipinski definition) is 4. The second-order valence-corrected chi connectivity index (χ2v) is 6.45. The fourth-order valence-corrected chi connectivity index (χ4v) is 3.47. The number of rotatable bonds is 2. The molecule has 5 nitrogen and oxygen atoms in total. The molecule has 1 aliphatic carbocycles. The van der Waals surface area contributed by atoms with Crippen LogP contribution in [-0.2, 0) is 19.3 Å². The molecule has 2 aromatic heterocycles. The van der Waals surface area contributed by atoms with Crippen molar-refractivity contribution < 1.29 is 4.39 Å². The molecule has 1 aliphatic rings. The van der Waals surface area contributed by atoms with Gasteiger partial charge in [-0.3, -0.25) is 0 Å². The van der Waals surface area contributed by atoms with Crippen LogP contribution in [0.15, 0.2) is 18.2 Å². The van der Waals surface area contributed by atoms with E-state index in [2.05, 4.69) is 38.1 Å². The van der Waals surface area contributed by atoms with Gasteiger partial charge >= 0.3 is 6.08 Å². The van der Waals surface area contributed by atoms with Gasteiger partial charge in [-0.05, 0) is 42.4 Å². The van der Waals surface area contributed by atoms with Crippen molar-refractivity contribution in [3.05, 3.63) is 46.8 Å². The molecule has 0 fully saturated rings. The lowest BCUT2D eigenvalue weighted by molar-refractivity contribution is 0.545. The molecule has 0 unspecified atom stereocenters. The van der Waals surface area contributed by atoms with E-state index < -0.39 is 6.08 Å². The van der Waals surface area contributed by atoms with Crippen LogP contribution in [0.1, 0.15) is 48.2 Å². The van der Waals surface area contributed by atoms with Crippen molar-refractivity contribution in [3.8, 4) is 0 Å². The molecule has 2 heterocycles. The minimum absolute atomic E-state index is 0.0921. The Balaban J connectivity index is 1.63. The molecule has 0 radical (unpaired) electrons. The summed E-state index contributed by atoms with van der Waals surface area (Å²) in [5.41, 5.74) is 10.6. The van der Waals surface area contributed by atoms with Crippen LogP contribution in [0.25, 0.3) is 11.2 Å². The lowest BCUT2D eigenvalue weighted by Gasteiger charge is -2.14. The number of aryl methyl sites for hydroxylation is 2. The Morgan fingerprint density at radius 2 is 1.79 bits per heavy atom. The predicted octanol–water partition coefficient (Wildman–Crippen LogP) is 3.32. The van der Waals surface area contributed by atoms with Gasteiger partial charge in [-0.15, -0.1) is 0 Å². The summed E-state index contributed by atoms with van der Waals surface area (Å²) in [5.74, 6) is 0.817. The van der Waals surface area contributed by atoms with E-state index in [1.54, 1.807) is 0 Å². The minimum atomic E-state index is -0.848. The van der Waals surface area contributed by atoms with Crippen molar-refractivity contribution in [1.29, 1.82) is 0 Å². The zero-order valence-corrected chi connectivity index (χ0v) is 13.5. The topological polar surface area (TPSA) is 80.5 Å². The highest BCUT2D eigenvalue weighted by Crippen LogP contribution is 2.23. The number of nitrogens with one attached hydrogen (secondary N) is 1. The van der Waals surface area contributed by atoms with Crippen molar-refractivity contribution in [2.75, 3.05) is 5.73 Å². The van der Waals surface area contributed by atoms with Gasteiger partial charge in [0.15, 0.2) is 11.5 Å². The number of imidazole rings is 1. The van der Waals surface area contributed by atoms with E-state index >= 15 is 0 Å². The third kappa shape index (κ3) is 2.96. The smallest absolute Gasteiger partial charge is 0.312 e. The van der Waals surface area contributed by atoms with Crippen molar-refractivity contribution in [3.63, 3.8) is 0 Å². The Bertz CT molecular complexity index is 886. The fraction of sp³-hybridized carbons (Fsp3) is 0.389. The normalized spacial score (nSPS) is 15.0. The molecule has 4 rings (SSSR count). The van der Waals surface area contributed by atoms with E-state index in [4.69, 9.17) is 5.73 Å². The fourth-order valence-electron chi connectivity index (χ4n) is 3.47. The molecular formula is C18H20FN5. The van der Waals surface area contributed by atoms with Crippen molar-refractivity contribution >= 4 is 17.0 Å². The first-order chi connectivity index (χ1) is 11.7. The molecule has 0 aliphatic heterocycles. The molecule has 0 bridgehead atoms. The average molecular weight is 325 g/mol. The maximum atomic E-state index is 13.2. The second-order valence-electron chi connectivity index (χ2n) is 6.45. The summed E-state index contributed by atoms with van der Waals surface area (Å²) >= 11 is 0. The van der Waals surface area contributed by atoms with Gasteiger partial charge in [-0.25, -0.2) is 4.98 Å². The van der Waals surface area contributed by atoms with E-state index in [9.17, 15) is 4.39 Å². The summed E-state index contributed by atoms with van der Waals surface area (Å²) in [5, 5.41) is 0. The lowest BCUT2D eigenvalue weighted by Crippen LogP contribution is -2.01. The Labute approximate surface area is 139 Å². The monoisotopic (exact) mass is 325 g/mol. The van der Waals surface area contributed by atoms with Crippen molar-refractivity contribution in [1.82, 2.24) is 19.9 Å². The molecule has 6 heteroatoms. The Morgan fingerprint density at radius 3 is 2.62 bits per heavy atom. The van der Waals surface area contributed by atoms with E-state index in [0.717, 1.165) is 12.2 Å². The number of aromatic amines is 1. The van der Waals surface area contributed by atoms with Gasteiger partial charge in [-0.2, -0.15) is 14.4 Å². The molecule has 0 saturated heterocycles. The highest BCUT2D eigenvalue weighted by atomic mass is 19.1. The van der Waals surface area contributed by atoms with E-state index in [1.807, 2.05) is 0 Å². The summed E-state index contributed by atoms with van der Waals surface area (Å²) in [4.78, 5) is 14.7. The van der Waals surface area contributed by atoms with Crippen LogP contribution in [0.4, 0.5) is 10.2 Å². The first kappa shape index (κ1) is 15.1. The van der Waals surface area contributed by atoms with E-state index in [0.29, 0.717) is 11.9 Å². The zero-order valence-electron chi connectivity index (χ0n) is 13.5. The Morgan fingerprint density at radius 1 is 1.00 bits per heavy atom. The molecule has 0 spiro atoms. The van der Waals surface area contributed by atoms with Gasteiger partial charge in [0, 0.05) is 6.42 Å². The number of H-pyrrole nitrogens is 1. The number of nitrogens with two attached hydrogens (primary N) is 1. The number of anilines is 1. The maximum absolute atomic E-state index is 13.2. The molecule has 3 N–H and O–H groups in total. The summed E-state index contributed by atoms with van der Waals surface area (Å²) in [6.07, 6.45) is 7.30. The van der Waals surface area contributed by atoms with Gasteiger partial charge in [-0.1, -0.05) is 31.0 Å². The zero-order chi connectivity index (χ0) is 16.5. The van der Waals surface area contributed by atoms with Gasteiger partial charge in [0.05, 0.1) is 0 Å². The van der Waals surface area contributed by atoms with Crippen LogP contribution in [-0.4, -0.2) is 19.9 Å². The largest absolute Gasteiger partial charge is 0.382 e. The van der Waals surface area contributed by atoms with Gasteiger partial charge in [0.25, 0.3) is 0 Å². The number of benzene rings is 1. The molecule has 0 atom stereocenters. The summed E-state index contributed by atoms with van der Waals surface area (Å²) < 4.78 is 13.2. The third-order valence-electron chi connectivity index (χ3n) is 4.69. The van der Waals surface area contributed by atoms with Crippen LogP contribution in [0.3, 0.4) is 0 Å². The number of nitrogens with zero attached hydrogens (tertiary/aromatic N) is 3. The van der Waals surface area contributed by atoms with Gasteiger partial charge < -0.3 is 10.7 Å². The number of halogens is 1. The van der Waals surface area contributed by atoms with Crippen molar-refractivity contribution in [2.24, 2.45) is 0 Å². The van der Waals surface area contributed by atoms with Crippen LogP contribution >= 0.6 is 0 Å². The lowest BCUT2D eigenvalue weighted by atomic mass is 9.91. The highest BCUT2D eigenvalue weighted by molar-refractivity contribution is 5.81. The molecule has 124 valence electrons. The van der Waals surface area contributed by atoms with Crippen molar-refractivity contribution in [2.45, 2.75) is 44.9 Å². The molecular weight excluding hydrogens is 305 g/mol. The van der Waals surface area contributed by atoms with Crippen LogP contribution < -0.4 is 5.73 Å². The number of fused-ring (bicyclic) bond motifs is 2. The van der Waals surface area contributed by atoms with Gasteiger partial charge in [0.1, 0.15) is 11.3 Å². The summed E-state index contributed by atoms with van der Waals surface area (Å²) in [6, 6.07) is 6.68. The maximum Gasteiger partial charge on any atom is 0.312 e. The first-order valence-corrected chi connectivity index (χ1v) is 8.47. The average Bonchev–Trinajstić information content (AvgIpc) is 2.91. The molecule has 0 amide bonds. The summed E-state index contributed by atoms with van der Waals surface area (Å²) in [6.45, 7) is 0. The summed E-state index contributed by atoms with van der Waals surface area (Å²) in [7, 11) is 0. The van der Waals surface area contributed by atoms with E-state index in [1.165, 1.54) is 48.8 Å². The quantitative estimate of drug-likeness (QED) is 0.708. The van der Waals surface area contributed by atoms with Crippen LogP contribution in [0.5, 0.6) is 0 Å². The predicted molar refractivity (Wildman–Crippen MR) is 91.2 cm³/mol. The van der Waals surface area contributed by atoms with Gasteiger partial charge in [0.2, 0.25) is 0 Å². The SMILES string of the molecule is Nc1nc(F)nc2nc(Cc3ccc4c(c3)CCCCCC4)[nH]c12. The third-order valence-corrected chi connectivity index (χ3v) is 4.69. The highest BCUT2D eigenvalue weighted by Gasteiger charge is 2.12. The minimum Gasteiger partial charge on any atom is -0.382 e.